The second kappa shape index (κ2) is 6.92. The number of nitriles is 2. The van der Waals surface area contributed by atoms with Gasteiger partial charge in [-0.05, 0) is 49.6 Å². The van der Waals surface area contributed by atoms with Gasteiger partial charge in [0.15, 0.2) is 0 Å². The minimum absolute atomic E-state index is 0.355. The van der Waals surface area contributed by atoms with Crippen LogP contribution < -0.4 is 11.5 Å². The van der Waals surface area contributed by atoms with Crippen molar-refractivity contribution in [3.63, 3.8) is 0 Å². The van der Waals surface area contributed by atoms with E-state index in [4.69, 9.17) is 11.5 Å². The SMILES string of the molecule is C=Cc1cc(C#N)c(-c2c(C#N)cc(Br)c(N)c2Br)c(C=C)c1N. The van der Waals surface area contributed by atoms with Crippen LogP contribution in [0.2, 0.25) is 0 Å². The van der Waals surface area contributed by atoms with Gasteiger partial charge in [0.2, 0.25) is 0 Å². The number of nitrogens with two attached hydrogens (primary N) is 2. The number of rotatable bonds is 3. The molecule has 0 bridgehead atoms. The molecule has 0 saturated heterocycles. The van der Waals surface area contributed by atoms with Crippen LogP contribution in [-0.2, 0) is 0 Å². The van der Waals surface area contributed by atoms with Gasteiger partial charge in [0, 0.05) is 26.9 Å². The van der Waals surface area contributed by atoms with E-state index in [-0.39, 0.29) is 0 Å². The number of nitrogen functional groups attached to an aromatic ring is 2. The lowest BCUT2D eigenvalue weighted by Gasteiger charge is -2.18. The number of hydrogen-bond acceptors (Lipinski definition) is 4. The highest BCUT2D eigenvalue weighted by Gasteiger charge is 2.22. The summed E-state index contributed by atoms with van der Waals surface area (Å²) in [7, 11) is 0. The molecule has 0 saturated carbocycles. The molecule has 2 aromatic carbocycles. The van der Waals surface area contributed by atoms with Gasteiger partial charge in [0.25, 0.3) is 0 Å². The molecular weight excluding hydrogens is 432 g/mol. The summed E-state index contributed by atoms with van der Waals surface area (Å²) in [6.45, 7) is 7.50. The average molecular weight is 444 g/mol. The molecule has 2 aromatic rings. The lowest BCUT2D eigenvalue weighted by molar-refractivity contribution is 1.42. The summed E-state index contributed by atoms with van der Waals surface area (Å²) in [6.07, 6.45) is 3.13. The first-order chi connectivity index (χ1) is 11.4. The second-order valence-electron chi connectivity index (χ2n) is 4.86. The van der Waals surface area contributed by atoms with E-state index in [9.17, 15) is 10.5 Å². The Labute approximate surface area is 156 Å². The Hall–Kier alpha value is -2.54. The monoisotopic (exact) mass is 442 g/mol. The van der Waals surface area contributed by atoms with Crippen molar-refractivity contribution in [3.05, 3.63) is 56.5 Å². The molecule has 0 heterocycles. The highest BCUT2D eigenvalue weighted by atomic mass is 79.9. The van der Waals surface area contributed by atoms with Crippen LogP contribution in [0.4, 0.5) is 11.4 Å². The van der Waals surface area contributed by atoms with Gasteiger partial charge in [-0.2, -0.15) is 10.5 Å². The number of benzene rings is 2. The van der Waals surface area contributed by atoms with Crippen LogP contribution in [0, 0.1) is 22.7 Å². The molecule has 24 heavy (non-hydrogen) atoms. The zero-order valence-electron chi connectivity index (χ0n) is 12.5. The van der Waals surface area contributed by atoms with Gasteiger partial charge < -0.3 is 11.5 Å². The summed E-state index contributed by atoms with van der Waals surface area (Å²) in [5.41, 5.74) is 16.0. The standard InChI is InChI=1S/C18H12Br2N4/c1-3-9-5-10(7-21)14(12(4-2)17(9)23)15-11(8-22)6-13(19)18(24)16(15)20/h3-6H,1-2,23-24H2. The highest BCUT2D eigenvalue weighted by Crippen LogP contribution is 2.44. The summed E-state index contributed by atoms with van der Waals surface area (Å²) in [5.74, 6) is 0. The van der Waals surface area contributed by atoms with Crippen molar-refractivity contribution in [3.8, 4) is 23.3 Å². The molecule has 0 radical (unpaired) electrons. The third-order valence-electron chi connectivity index (χ3n) is 3.61. The van der Waals surface area contributed by atoms with Crippen molar-refractivity contribution in [1.29, 1.82) is 10.5 Å². The Morgan fingerprint density at radius 3 is 2.00 bits per heavy atom. The lowest BCUT2D eigenvalue weighted by Crippen LogP contribution is -2.02. The van der Waals surface area contributed by atoms with Gasteiger partial charge in [-0.1, -0.05) is 25.3 Å². The molecule has 6 heteroatoms. The number of hydrogen-bond donors (Lipinski definition) is 2. The summed E-state index contributed by atoms with van der Waals surface area (Å²) >= 11 is 6.76. The fourth-order valence-corrected chi connectivity index (χ4v) is 3.76. The Morgan fingerprint density at radius 2 is 1.50 bits per heavy atom. The van der Waals surface area contributed by atoms with Crippen molar-refractivity contribution in [2.45, 2.75) is 0 Å². The zero-order chi connectivity index (χ0) is 18.0. The maximum absolute atomic E-state index is 9.59. The lowest BCUT2D eigenvalue weighted by atomic mass is 9.88. The molecular formula is C18H12Br2N4. The first-order valence-corrected chi connectivity index (χ1v) is 8.29. The average Bonchev–Trinajstić information content (AvgIpc) is 2.59. The molecule has 0 aliphatic heterocycles. The third kappa shape index (κ3) is 2.71. The molecule has 0 aliphatic carbocycles. The molecule has 2 rings (SSSR count). The molecule has 0 spiro atoms. The van der Waals surface area contributed by atoms with Gasteiger partial charge in [-0.15, -0.1) is 0 Å². The summed E-state index contributed by atoms with van der Waals surface area (Å²) in [6, 6.07) is 7.53. The van der Waals surface area contributed by atoms with E-state index < -0.39 is 0 Å². The first kappa shape index (κ1) is 17.8. The maximum Gasteiger partial charge on any atom is 0.0999 e. The molecule has 0 unspecified atom stereocenters. The minimum atomic E-state index is 0.355. The maximum atomic E-state index is 9.59. The van der Waals surface area contributed by atoms with Crippen LogP contribution in [0.1, 0.15) is 22.3 Å². The Bertz CT molecular complexity index is 963. The van der Waals surface area contributed by atoms with Crippen LogP contribution >= 0.6 is 31.9 Å². The van der Waals surface area contributed by atoms with E-state index >= 15 is 0 Å². The first-order valence-electron chi connectivity index (χ1n) is 6.70. The molecule has 0 aromatic heterocycles. The predicted molar refractivity (Wildman–Crippen MR) is 106 cm³/mol. The van der Waals surface area contributed by atoms with E-state index in [0.29, 0.717) is 53.7 Å². The van der Waals surface area contributed by atoms with Crippen LogP contribution in [-0.4, -0.2) is 0 Å². The molecule has 118 valence electrons. The van der Waals surface area contributed by atoms with Crippen molar-refractivity contribution in [2.75, 3.05) is 11.5 Å². The van der Waals surface area contributed by atoms with Crippen LogP contribution in [0.5, 0.6) is 0 Å². The largest absolute Gasteiger partial charge is 0.398 e. The predicted octanol–water partition coefficient (Wildman–Crippen LogP) is 5.07. The quantitative estimate of drug-likeness (QED) is 0.646. The van der Waals surface area contributed by atoms with E-state index in [0.717, 1.165) is 0 Å². The van der Waals surface area contributed by atoms with Gasteiger partial charge in [-0.3, -0.25) is 0 Å². The number of nitrogens with zero attached hydrogens (tertiary/aromatic N) is 2. The normalized spacial score (nSPS) is 9.83. The van der Waals surface area contributed by atoms with E-state index in [1.807, 2.05) is 0 Å². The fraction of sp³-hybridized carbons (Fsp3) is 0. The Morgan fingerprint density at radius 1 is 0.917 bits per heavy atom. The molecule has 0 amide bonds. The van der Waals surface area contributed by atoms with Crippen molar-refractivity contribution < 1.29 is 0 Å². The van der Waals surface area contributed by atoms with Crippen LogP contribution in [0.25, 0.3) is 23.3 Å². The van der Waals surface area contributed by atoms with Gasteiger partial charge >= 0.3 is 0 Å². The molecule has 0 atom stereocenters. The number of halogens is 2. The molecule has 0 fully saturated rings. The van der Waals surface area contributed by atoms with E-state index in [2.05, 4.69) is 57.2 Å². The van der Waals surface area contributed by atoms with Crippen LogP contribution in [0.3, 0.4) is 0 Å². The van der Waals surface area contributed by atoms with Gasteiger partial charge in [0.05, 0.1) is 33.4 Å². The molecule has 4 N–H and O–H groups in total. The van der Waals surface area contributed by atoms with Crippen molar-refractivity contribution in [1.82, 2.24) is 0 Å². The Kier molecular flexibility index (Phi) is 5.14. The summed E-state index contributed by atoms with van der Waals surface area (Å²) < 4.78 is 1.10. The van der Waals surface area contributed by atoms with E-state index in [1.54, 1.807) is 24.3 Å². The smallest absolute Gasteiger partial charge is 0.0999 e. The fourth-order valence-electron chi connectivity index (χ4n) is 2.45. The van der Waals surface area contributed by atoms with Gasteiger partial charge in [0.1, 0.15) is 0 Å². The minimum Gasteiger partial charge on any atom is -0.398 e. The number of anilines is 2. The molecule has 0 aliphatic rings. The van der Waals surface area contributed by atoms with Gasteiger partial charge in [-0.25, -0.2) is 0 Å². The third-order valence-corrected chi connectivity index (χ3v) is 5.09. The van der Waals surface area contributed by atoms with E-state index in [1.165, 1.54) is 0 Å². The Balaban J connectivity index is 3.10. The summed E-state index contributed by atoms with van der Waals surface area (Å²) in [4.78, 5) is 0. The summed E-state index contributed by atoms with van der Waals surface area (Å²) in [5, 5.41) is 19.1. The van der Waals surface area contributed by atoms with Crippen LogP contribution in [0.15, 0.2) is 34.2 Å². The van der Waals surface area contributed by atoms with Crippen molar-refractivity contribution in [2.24, 2.45) is 0 Å². The zero-order valence-corrected chi connectivity index (χ0v) is 15.7. The highest BCUT2D eigenvalue weighted by molar-refractivity contribution is 9.11. The topological polar surface area (TPSA) is 99.6 Å². The second-order valence-corrected chi connectivity index (χ2v) is 6.50. The molecule has 4 nitrogen and oxygen atoms in total. The van der Waals surface area contributed by atoms with Crippen molar-refractivity contribution >= 4 is 55.4 Å².